The second kappa shape index (κ2) is 54.7. The second-order valence-corrected chi connectivity index (χ2v) is 18.3. The maximum Gasteiger partial charge on any atom is 0.310 e. The van der Waals surface area contributed by atoms with Gasteiger partial charge in [0.1, 0.15) is 6.61 Å². The third-order valence-corrected chi connectivity index (χ3v) is 12.0. The summed E-state index contributed by atoms with van der Waals surface area (Å²) in [5.74, 6) is -0.732. The highest BCUT2D eigenvalue weighted by atomic mass is 16.6. The number of aliphatic hydroxyl groups is 1. The molecule has 0 aliphatic heterocycles. The number of esters is 2. The van der Waals surface area contributed by atoms with Crippen LogP contribution in [0.5, 0.6) is 0 Å². The van der Waals surface area contributed by atoms with E-state index in [9.17, 15) is 14.7 Å². The Morgan fingerprint density at radius 2 is 0.719 bits per heavy atom. The lowest BCUT2D eigenvalue weighted by atomic mass is 10.0. The van der Waals surface area contributed by atoms with Gasteiger partial charge in [0.2, 0.25) is 0 Å². The molecule has 0 fully saturated rings. The molecule has 64 heavy (non-hydrogen) atoms. The minimum absolute atomic E-state index is 0.106. The van der Waals surface area contributed by atoms with Crippen LogP contribution in [-0.4, -0.2) is 36.4 Å². The van der Waals surface area contributed by atoms with Crippen molar-refractivity contribution in [2.45, 2.75) is 277 Å². The predicted molar refractivity (Wildman–Crippen MR) is 279 cm³/mol. The summed E-state index contributed by atoms with van der Waals surface area (Å²) in [5.41, 5.74) is 0. The first-order valence-electron chi connectivity index (χ1n) is 27.5. The fourth-order valence-electron chi connectivity index (χ4n) is 7.92. The highest BCUT2D eigenvalue weighted by Crippen LogP contribution is 2.17. The van der Waals surface area contributed by atoms with Gasteiger partial charge in [0, 0.05) is 6.42 Å². The Balaban J connectivity index is 3.45. The van der Waals surface area contributed by atoms with Crippen LogP contribution in [0.1, 0.15) is 271 Å². The first-order valence-corrected chi connectivity index (χ1v) is 27.5. The summed E-state index contributed by atoms with van der Waals surface area (Å²) in [6.07, 6.45) is 74.9. The smallest absolute Gasteiger partial charge is 0.310 e. The average Bonchev–Trinajstić information content (AvgIpc) is 3.30. The Hall–Kier alpha value is -2.66. The highest BCUT2D eigenvalue weighted by molar-refractivity contribution is 5.71. The Labute approximate surface area is 397 Å². The van der Waals surface area contributed by atoms with Crippen molar-refractivity contribution in [2.24, 2.45) is 0 Å². The van der Waals surface area contributed by atoms with Gasteiger partial charge in [0.15, 0.2) is 6.10 Å². The quantitative estimate of drug-likeness (QED) is 0.0374. The van der Waals surface area contributed by atoms with E-state index in [1.54, 1.807) is 6.08 Å². The van der Waals surface area contributed by atoms with Crippen LogP contribution in [0.3, 0.4) is 0 Å². The number of aliphatic hydroxyl groups excluding tert-OH is 1. The third-order valence-electron chi connectivity index (χ3n) is 12.0. The van der Waals surface area contributed by atoms with Crippen LogP contribution in [0.25, 0.3) is 0 Å². The fraction of sp³-hybridized carbons (Fsp3) is 0.763. The number of hydrogen-bond donors (Lipinski definition) is 1. The Kier molecular flexibility index (Phi) is 52.4. The lowest BCUT2D eigenvalue weighted by Gasteiger charge is -2.15. The highest BCUT2D eigenvalue weighted by Gasteiger charge is 2.15. The van der Waals surface area contributed by atoms with Crippen molar-refractivity contribution in [3.8, 4) is 0 Å². The van der Waals surface area contributed by atoms with Crippen molar-refractivity contribution >= 4 is 11.9 Å². The molecule has 0 amide bonds. The van der Waals surface area contributed by atoms with Gasteiger partial charge in [-0.1, -0.05) is 267 Å². The van der Waals surface area contributed by atoms with Crippen LogP contribution in [0.4, 0.5) is 0 Å². The first-order chi connectivity index (χ1) is 31.6. The summed E-state index contributed by atoms with van der Waals surface area (Å²) >= 11 is 0. The standard InChI is InChI=1S/C59H104O5/c1-3-5-7-9-11-13-15-17-19-20-21-22-23-24-25-26-27-28-29-30-31-32-33-34-35-36-37-38-40-41-43-45-47-49-51-53-58(61)63-56-57(55-60)64-59(62)54-52-50-48-46-44-42-39-18-16-14-12-10-8-6-4-2/h6,8,12,14,18,20-21,39,44,46,50,52,57,60H,3-5,7,9-11,13,15-17,19,22-38,40-43,45,47-49,51,53-56H2,1-2H3/b8-6-,14-12-,21-20-,39-18-,46-44-,52-50-. The number of carbonyl (C=O) groups is 2. The van der Waals surface area contributed by atoms with E-state index in [1.807, 2.05) is 6.08 Å². The van der Waals surface area contributed by atoms with Crippen molar-refractivity contribution in [1.29, 1.82) is 0 Å². The van der Waals surface area contributed by atoms with E-state index >= 15 is 0 Å². The Bertz CT molecular complexity index is 1150. The van der Waals surface area contributed by atoms with Crippen molar-refractivity contribution < 1.29 is 24.2 Å². The van der Waals surface area contributed by atoms with Gasteiger partial charge in [-0.2, -0.15) is 0 Å². The van der Waals surface area contributed by atoms with Gasteiger partial charge >= 0.3 is 11.9 Å². The lowest BCUT2D eigenvalue weighted by molar-refractivity contribution is -0.160. The molecule has 0 radical (unpaired) electrons. The topological polar surface area (TPSA) is 72.8 Å². The number of ether oxygens (including phenoxy) is 2. The SMILES string of the molecule is CC/C=C\C/C=C\C/C=C\C/C=C\C/C=C\CC(=O)OC(CO)COC(=O)CCCCCCCCCCCCCCCCCCCCCCCCC/C=C\CCCCCCCCCC. The minimum atomic E-state index is -0.828. The van der Waals surface area contributed by atoms with E-state index in [-0.39, 0.29) is 25.6 Å². The Morgan fingerprint density at radius 3 is 1.08 bits per heavy atom. The molecule has 1 atom stereocenters. The van der Waals surface area contributed by atoms with Crippen molar-refractivity contribution in [3.63, 3.8) is 0 Å². The normalized spacial score (nSPS) is 12.7. The number of rotatable bonds is 50. The van der Waals surface area contributed by atoms with E-state index in [2.05, 4.69) is 74.6 Å². The molecule has 0 bridgehead atoms. The average molecular weight is 893 g/mol. The number of allylic oxidation sites excluding steroid dienone is 11. The summed E-state index contributed by atoms with van der Waals surface area (Å²) in [6, 6.07) is 0. The predicted octanol–water partition coefficient (Wildman–Crippen LogP) is 18.4. The van der Waals surface area contributed by atoms with Gasteiger partial charge in [0.05, 0.1) is 13.0 Å². The zero-order valence-electron chi connectivity index (χ0n) is 42.3. The van der Waals surface area contributed by atoms with Crippen LogP contribution >= 0.6 is 0 Å². The van der Waals surface area contributed by atoms with Crippen LogP contribution < -0.4 is 0 Å². The second-order valence-electron chi connectivity index (χ2n) is 18.3. The molecule has 0 heterocycles. The van der Waals surface area contributed by atoms with Crippen LogP contribution in [0.15, 0.2) is 72.9 Å². The molecule has 0 aliphatic carbocycles. The molecule has 0 rings (SSSR count). The van der Waals surface area contributed by atoms with Gasteiger partial charge in [-0.05, 0) is 64.2 Å². The van der Waals surface area contributed by atoms with Gasteiger partial charge in [0.25, 0.3) is 0 Å². The molecule has 0 aromatic carbocycles. The van der Waals surface area contributed by atoms with Gasteiger partial charge in [-0.3, -0.25) is 9.59 Å². The summed E-state index contributed by atoms with van der Waals surface area (Å²) in [4.78, 5) is 24.3. The molecule has 5 nitrogen and oxygen atoms in total. The van der Waals surface area contributed by atoms with E-state index in [4.69, 9.17) is 9.47 Å². The van der Waals surface area contributed by atoms with E-state index in [0.29, 0.717) is 6.42 Å². The fourth-order valence-corrected chi connectivity index (χ4v) is 7.92. The monoisotopic (exact) mass is 893 g/mol. The summed E-state index contributed by atoms with van der Waals surface area (Å²) in [7, 11) is 0. The molecule has 0 aliphatic rings. The Morgan fingerprint density at radius 1 is 0.391 bits per heavy atom. The molecule has 0 saturated heterocycles. The zero-order valence-corrected chi connectivity index (χ0v) is 42.3. The molecule has 5 heteroatoms. The number of hydrogen-bond acceptors (Lipinski definition) is 5. The maximum atomic E-state index is 12.2. The molecule has 0 spiro atoms. The van der Waals surface area contributed by atoms with Gasteiger partial charge < -0.3 is 14.6 Å². The molecular weight excluding hydrogens is 789 g/mol. The van der Waals surface area contributed by atoms with Crippen LogP contribution in [0.2, 0.25) is 0 Å². The summed E-state index contributed by atoms with van der Waals surface area (Å²) < 4.78 is 10.6. The maximum absolute atomic E-state index is 12.2. The number of unbranched alkanes of at least 4 members (excludes halogenated alkanes) is 31. The third kappa shape index (κ3) is 52.0. The molecule has 0 aromatic heterocycles. The molecule has 0 saturated carbocycles. The summed E-state index contributed by atoms with van der Waals surface area (Å²) in [6.45, 7) is 3.96. The minimum Gasteiger partial charge on any atom is -0.462 e. The van der Waals surface area contributed by atoms with E-state index in [1.165, 1.54) is 193 Å². The van der Waals surface area contributed by atoms with Crippen LogP contribution in [-0.2, 0) is 19.1 Å². The molecule has 1 unspecified atom stereocenters. The van der Waals surface area contributed by atoms with Crippen LogP contribution in [0, 0.1) is 0 Å². The molecular formula is C59H104O5. The molecule has 0 aromatic rings. The van der Waals surface area contributed by atoms with Gasteiger partial charge in [-0.15, -0.1) is 0 Å². The molecule has 370 valence electrons. The van der Waals surface area contributed by atoms with Gasteiger partial charge in [-0.25, -0.2) is 0 Å². The summed E-state index contributed by atoms with van der Waals surface area (Å²) in [5, 5.41) is 9.59. The first kappa shape index (κ1) is 61.3. The van der Waals surface area contributed by atoms with Crippen molar-refractivity contribution in [1.82, 2.24) is 0 Å². The largest absolute Gasteiger partial charge is 0.462 e. The van der Waals surface area contributed by atoms with E-state index < -0.39 is 12.1 Å². The van der Waals surface area contributed by atoms with E-state index in [0.717, 1.165) is 51.4 Å². The zero-order chi connectivity index (χ0) is 46.3. The van der Waals surface area contributed by atoms with Crippen molar-refractivity contribution in [2.75, 3.05) is 13.2 Å². The molecule has 1 N–H and O–H groups in total. The lowest BCUT2D eigenvalue weighted by Crippen LogP contribution is -2.28. The number of carbonyl (C=O) groups excluding carboxylic acids is 2. The van der Waals surface area contributed by atoms with Crippen molar-refractivity contribution in [3.05, 3.63) is 72.9 Å².